The van der Waals surface area contributed by atoms with E-state index in [1.807, 2.05) is 0 Å². The van der Waals surface area contributed by atoms with Gasteiger partial charge in [-0.1, -0.05) is 12.1 Å². The van der Waals surface area contributed by atoms with Gasteiger partial charge in [-0.05, 0) is 62.2 Å². The maximum atomic E-state index is 14.6. The number of pyridine rings is 2. The summed E-state index contributed by atoms with van der Waals surface area (Å²) in [5.74, 6) is -0.832. The molecule has 3 heterocycles. The Hall–Kier alpha value is -3.81. The molecular formula is C25H24FN3O4. The molecule has 0 saturated heterocycles. The van der Waals surface area contributed by atoms with Gasteiger partial charge in [-0.2, -0.15) is 0 Å². The first-order valence-electron chi connectivity index (χ1n) is 10.7. The van der Waals surface area contributed by atoms with E-state index in [0.29, 0.717) is 46.9 Å². The van der Waals surface area contributed by atoms with Crippen LogP contribution in [0.1, 0.15) is 56.7 Å². The summed E-state index contributed by atoms with van der Waals surface area (Å²) in [6.45, 7) is 5.58. The topological polar surface area (TPSA) is 90.4 Å². The van der Waals surface area contributed by atoms with Gasteiger partial charge in [0.15, 0.2) is 0 Å². The van der Waals surface area contributed by atoms with Crippen molar-refractivity contribution in [2.45, 2.75) is 32.7 Å². The van der Waals surface area contributed by atoms with E-state index in [-0.39, 0.29) is 18.1 Å². The first-order valence-corrected chi connectivity index (χ1v) is 10.7. The number of nitrogens with one attached hydrogen (secondary N) is 1. The summed E-state index contributed by atoms with van der Waals surface area (Å²) >= 11 is 0. The smallest absolute Gasteiger partial charge is 0.339 e. The van der Waals surface area contributed by atoms with E-state index in [9.17, 15) is 14.0 Å². The Bertz CT molecular complexity index is 1230. The number of fused-ring (bicyclic) bond motifs is 1. The van der Waals surface area contributed by atoms with Crippen molar-refractivity contribution >= 4 is 11.9 Å². The van der Waals surface area contributed by atoms with Crippen LogP contribution in [0.3, 0.4) is 0 Å². The summed E-state index contributed by atoms with van der Waals surface area (Å²) in [7, 11) is 0. The maximum Gasteiger partial charge on any atom is 0.339 e. The van der Waals surface area contributed by atoms with Gasteiger partial charge in [-0.25, -0.2) is 14.2 Å². The summed E-state index contributed by atoms with van der Waals surface area (Å²) in [5.41, 5.74) is 1.23. The summed E-state index contributed by atoms with van der Waals surface area (Å²) in [6.07, 6.45) is 1.96. The van der Waals surface area contributed by atoms with E-state index in [1.165, 1.54) is 18.2 Å². The predicted octanol–water partition coefficient (Wildman–Crippen LogP) is 3.87. The Morgan fingerprint density at radius 2 is 2.03 bits per heavy atom. The summed E-state index contributed by atoms with van der Waals surface area (Å²) in [6, 6.07) is 11.4. The van der Waals surface area contributed by atoms with Crippen molar-refractivity contribution in [1.29, 1.82) is 0 Å². The van der Waals surface area contributed by atoms with E-state index in [0.717, 1.165) is 0 Å². The molecule has 3 aromatic rings. The molecule has 1 N–H and O–H groups in total. The number of nitrogens with zero attached hydrogens (tertiary/aromatic N) is 2. The number of aryl methyl sites for hydroxylation is 2. The minimum atomic E-state index is -1.12. The van der Waals surface area contributed by atoms with Crippen molar-refractivity contribution in [3.63, 3.8) is 0 Å². The molecule has 0 unspecified atom stereocenters. The van der Waals surface area contributed by atoms with Crippen molar-refractivity contribution in [2.75, 3.05) is 13.2 Å². The fourth-order valence-electron chi connectivity index (χ4n) is 3.96. The molecule has 0 bridgehead atoms. The average molecular weight is 449 g/mol. The number of hydrogen-bond donors (Lipinski definition) is 1. The first kappa shape index (κ1) is 22.4. The number of ether oxygens (including phenoxy) is 2. The minimum Gasteiger partial charge on any atom is -0.491 e. The molecule has 0 spiro atoms. The molecule has 0 aliphatic carbocycles. The van der Waals surface area contributed by atoms with Gasteiger partial charge < -0.3 is 14.8 Å². The Balaban J connectivity index is 1.76. The molecule has 33 heavy (non-hydrogen) atoms. The van der Waals surface area contributed by atoms with Gasteiger partial charge in [0.2, 0.25) is 0 Å². The van der Waals surface area contributed by atoms with Crippen LogP contribution in [0.2, 0.25) is 0 Å². The third kappa shape index (κ3) is 4.16. The maximum absolute atomic E-state index is 14.6. The Kier molecular flexibility index (Phi) is 6.09. The molecule has 0 fully saturated rings. The number of esters is 1. The Morgan fingerprint density at radius 1 is 1.21 bits per heavy atom. The van der Waals surface area contributed by atoms with Crippen LogP contribution in [0.25, 0.3) is 0 Å². The highest BCUT2D eigenvalue weighted by Gasteiger charge is 2.43. The van der Waals surface area contributed by atoms with E-state index in [1.54, 1.807) is 51.2 Å². The molecule has 1 aromatic carbocycles. The standard InChI is InChI=1S/C25H24FN3O4/c1-4-32-24(31)18-9-10-20(28-16(18)3)23(30)29-25(17-8-7-15(2)19(26)14-17)11-13-33-21-6-5-12-27-22(21)25/h5-10,12,14H,4,11,13H2,1-3H3,(H,29,30)/t25-/m0/s1. The van der Waals surface area contributed by atoms with Crippen molar-refractivity contribution in [2.24, 2.45) is 0 Å². The van der Waals surface area contributed by atoms with Crippen molar-refractivity contribution in [3.8, 4) is 5.75 Å². The summed E-state index contributed by atoms with van der Waals surface area (Å²) in [4.78, 5) is 34.2. The van der Waals surface area contributed by atoms with Crippen LogP contribution in [0.15, 0.2) is 48.7 Å². The van der Waals surface area contributed by atoms with Crippen LogP contribution in [0.5, 0.6) is 5.75 Å². The zero-order valence-corrected chi connectivity index (χ0v) is 18.6. The quantitative estimate of drug-likeness (QED) is 0.595. The average Bonchev–Trinajstić information content (AvgIpc) is 2.81. The normalized spacial score (nSPS) is 17.0. The Morgan fingerprint density at radius 3 is 2.76 bits per heavy atom. The largest absolute Gasteiger partial charge is 0.491 e. The lowest BCUT2D eigenvalue weighted by molar-refractivity contribution is 0.0524. The SMILES string of the molecule is CCOC(=O)c1ccc(C(=O)N[C@]2(c3ccc(C)c(F)c3)CCOc3cccnc32)nc1C. The van der Waals surface area contributed by atoms with Crippen molar-refractivity contribution in [3.05, 3.63) is 88.3 Å². The number of carbonyl (C=O) groups is 2. The van der Waals surface area contributed by atoms with Gasteiger partial charge >= 0.3 is 5.97 Å². The molecule has 1 amide bonds. The highest BCUT2D eigenvalue weighted by atomic mass is 19.1. The Labute approximate surface area is 191 Å². The summed E-state index contributed by atoms with van der Waals surface area (Å²) in [5, 5.41) is 3.04. The highest BCUT2D eigenvalue weighted by Crippen LogP contribution is 2.41. The zero-order valence-electron chi connectivity index (χ0n) is 18.6. The molecule has 2 aromatic heterocycles. The van der Waals surface area contributed by atoms with Crippen molar-refractivity contribution < 1.29 is 23.5 Å². The number of hydrogen-bond acceptors (Lipinski definition) is 6. The molecular weight excluding hydrogens is 425 g/mol. The number of aromatic nitrogens is 2. The van der Waals surface area contributed by atoms with E-state index < -0.39 is 17.4 Å². The minimum absolute atomic E-state index is 0.122. The molecule has 4 rings (SSSR count). The van der Waals surface area contributed by atoms with Crippen LogP contribution in [0, 0.1) is 19.7 Å². The molecule has 1 atom stereocenters. The molecule has 1 aliphatic heterocycles. The number of halogens is 1. The van der Waals surface area contributed by atoms with E-state index in [4.69, 9.17) is 9.47 Å². The molecule has 170 valence electrons. The number of benzene rings is 1. The fourth-order valence-corrected chi connectivity index (χ4v) is 3.96. The van der Waals surface area contributed by atoms with Crippen LogP contribution in [-0.2, 0) is 10.3 Å². The van der Waals surface area contributed by atoms with Gasteiger partial charge in [0.25, 0.3) is 5.91 Å². The second-order valence-corrected chi connectivity index (χ2v) is 7.82. The molecule has 8 heteroatoms. The number of rotatable bonds is 5. The van der Waals surface area contributed by atoms with Gasteiger partial charge in [-0.15, -0.1) is 0 Å². The van der Waals surface area contributed by atoms with E-state index >= 15 is 0 Å². The molecule has 7 nitrogen and oxygen atoms in total. The van der Waals surface area contributed by atoms with Crippen LogP contribution >= 0.6 is 0 Å². The molecule has 0 saturated carbocycles. The number of carbonyl (C=O) groups excluding carboxylic acids is 2. The molecule has 1 aliphatic rings. The lowest BCUT2D eigenvalue weighted by Gasteiger charge is -2.39. The summed E-state index contributed by atoms with van der Waals surface area (Å²) < 4.78 is 25.3. The van der Waals surface area contributed by atoms with Crippen LogP contribution in [0.4, 0.5) is 4.39 Å². The number of amides is 1. The third-order valence-corrected chi connectivity index (χ3v) is 5.71. The highest BCUT2D eigenvalue weighted by molar-refractivity contribution is 5.95. The first-order chi connectivity index (χ1) is 15.9. The third-order valence-electron chi connectivity index (χ3n) is 5.71. The second kappa shape index (κ2) is 8.97. The van der Waals surface area contributed by atoms with Gasteiger partial charge in [0, 0.05) is 12.6 Å². The molecule has 0 radical (unpaired) electrons. The van der Waals surface area contributed by atoms with E-state index in [2.05, 4.69) is 15.3 Å². The zero-order chi connectivity index (χ0) is 23.6. The van der Waals surface area contributed by atoms with Gasteiger partial charge in [0.05, 0.1) is 24.5 Å². The fraction of sp³-hybridized carbons (Fsp3) is 0.280. The lowest BCUT2D eigenvalue weighted by Crippen LogP contribution is -2.50. The van der Waals surface area contributed by atoms with Gasteiger partial charge in [0.1, 0.15) is 28.5 Å². The second-order valence-electron chi connectivity index (χ2n) is 7.82. The predicted molar refractivity (Wildman–Crippen MR) is 119 cm³/mol. The monoisotopic (exact) mass is 449 g/mol. The van der Waals surface area contributed by atoms with Crippen molar-refractivity contribution in [1.82, 2.24) is 15.3 Å². The van der Waals surface area contributed by atoms with Crippen LogP contribution < -0.4 is 10.1 Å². The van der Waals surface area contributed by atoms with Crippen LogP contribution in [-0.4, -0.2) is 35.1 Å². The lowest BCUT2D eigenvalue weighted by atomic mass is 9.81. The van der Waals surface area contributed by atoms with Gasteiger partial charge in [-0.3, -0.25) is 9.78 Å².